The zero-order valence-corrected chi connectivity index (χ0v) is 19.2. The number of carbonyl (C=O) groups is 2. The Balaban J connectivity index is 1.63. The molecule has 1 atom stereocenters. The first-order valence-corrected chi connectivity index (χ1v) is 11.1. The first kappa shape index (κ1) is 22.7. The third-order valence-electron chi connectivity index (χ3n) is 5.73. The number of aromatic amines is 1. The van der Waals surface area contributed by atoms with Crippen molar-refractivity contribution in [2.45, 2.75) is 38.8 Å². The molecule has 0 aliphatic carbocycles. The molecule has 1 saturated heterocycles. The van der Waals surface area contributed by atoms with Gasteiger partial charge in [-0.25, -0.2) is 4.98 Å². The monoisotopic (exact) mass is 447 g/mol. The smallest absolute Gasteiger partial charge is 0.291 e. The van der Waals surface area contributed by atoms with Crippen LogP contribution in [0.1, 0.15) is 35.6 Å². The molecule has 0 radical (unpaired) electrons. The van der Waals surface area contributed by atoms with E-state index in [0.29, 0.717) is 13.0 Å². The molecule has 1 aliphatic rings. The molecule has 8 nitrogen and oxygen atoms in total. The van der Waals surface area contributed by atoms with Crippen molar-refractivity contribution in [2.24, 2.45) is 0 Å². The van der Waals surface area contributed by atoms with E-state index >= 15 is 0 Å². The Bertz CT molecular complexity index is 1110. The maximum Gasteiger partial charge on any atom is 0.291 e. The Labute approximate surface area is 193 Å². The lowest BCUT2D eigenvalue weighted by Gasteiger charge is -2.41. The van der Waals surface area contributed by atoms with Gasteiger partial charge in [0.2, 0.25) is 5.82 Å². The van der Waals surface area contributed by atoms with Crippen LogP contribution in [0.3, 0.4) is 0 Å². The number of amides is 2. The van der Waals surface area contributed by atoms with Crippen molar-refractivity contribution in [2.75, 3.05) is 19.7 Å². The first-order valence-electron chi connectivity index (χ1n) is 11.1. The molecule has 2 heterocycles. The standard InChI is InChI=1S/C25H29N5O3/c1-17(2)28-24(32)25(15-30(11-12-33-25)23(31)22-26-16-27-29-22)14-19-5-4-6-21(13-19)20-9-7-18(3)8-10-20/h4-10,13,16-17H,11-12,14-15H2,1-3H3,(H,28,32)(H,26,27,29). The third-order valence-corrected chi connectivity index (χ3v) is 5.73. The van der Waals surface area contributed by atoms with Crippen LogP contribution in [0.2, 0.25) is 0 Å². The number of carbonyl (C=O) groups excluding carboxylic acids is 2. The quantitative estimate of drug-likeness (QED) is 0.605. The number of morpholine rings is 1. The highest BCUT2D eigenvalue weighted by Crippen LogP contribution is 2.28. The van der Waals surface area contributed by atoms with Crippen molar-refractivity contribution >= 4 is 11.8 Å². The second-order valence-electron chi connectivity index (χ2n) is 8.77. The minimum absolute atomic E-state index is 0.0581. The summed E-state index contributed by atoms with van der Waals surface area (Å²) < 4.78 is 6.14. The van der Waals surface area contributed by atoms with Gasteiger partial charge in [-0.15, -0.1) is 0 Å². The summed E-state index contributed by atoms with van der Waals surface area (Å²) in [5.74, 6) is -0.379. The molecule has 2 N–H and O–H groups in total. The zero-order valence-electron chi connectivity index (χ0n) is 19.2. The fourth-order valence-electron chi connectivity index (χ4n) is 4.07. The van der Waals surface area contributed by atoms with E-state index in [-0.39, 0.29) is 36.8 Å². The zero-order chi connectivity index (χ0) is 23.4. The Morgan fingerprint density at radius 2 is 1.97 bits per heavy atom. The normalized spacial score (nSPS) is 18.4. The van der Waals surface area contributed by atoms with Gasteiger partial charge < -0.3 is 15.0 Å². The van der Waals surface area contributed by atoms with E-state index in [1.165, 1.54) is 11.9 Å². The maximum absolute atomic E-state index is 13.4. The van der Waals surface area contributed by atoms with Crippen LogP contribution in [0.25, 0.3) is 11.1 Å². The number of benzene rings is 2. The van der Waals surface area contributed by atoms with Crippen molar-refractivity contribution in [1.29, 1.82) is 0 Å². The maximum atomic E-state index is 13.4. The fraction of sp³-hybridized carbons (Fsp3) is 0.360. The molecule has 1 unspecified atom stereocenters. The summed E-state index contributed by atoms with van der Waals surface area (Å²) in [6.45, 7) is 6.62. The minimum Gasteiger partial charge on any atom is -0.361 e. The van der Waals surface area contributed by atoms with Gasteiger partial charge in [0.25, 0.3) is 11.8 Å². The van der Waals surface area contributed by atoms with Crippen LogP contribution in [-0.4, -0.2) is 63.2 Å². The van der Waals surface area contributed by atoms with E-state index in [0.717, 1.165) is 16.7 Å². The van der Waals surface area contributed by atoms with E-state index < -0.39 is 5.60 Å². The van der Waals surface area contributed by atoms with E-state index in [9.17, 15) is 9.59 Å². The molecule has 4 rings (SSSR count). The first-order chi connectivity index (χ1) is 15.9. The second-order valence-corrected chi connectivity index (χ2v) is 8.77. The van der Waals surface area contributed by atoms with Gasteiger partial charge in [-0.05, 0) is 37.5 Å². The topological polar surface area (TPSA) is 100 Å². The highest BCUT2D eigenvalue weighted by molar-refractivity contribution is 5.92. The number of ether oxygens (including phenoxy) is 1. The minimum atomic E-state index is -1.20. The van der Waals surface area contributed by atoms with Crippen LogP contribution >= 0.6 is 0 Å². The predicted molar refractivity (Wildman–Crippen MR) is 125 cm³/mol. The number of aryl methyl sites for hydroxylation is 1. The summed E-state index contributed by atoms with van der Waals surface area (Å²) in [5, 5.41) is 9.36. The highest BCUT2D eigenvalue weighted by atomic mass is 16.5. The number of hydrogen-bond donors (Lipinski definition) is 2. The van der Waals surface area contributed by atoms with Crippen molar-refractivity contribution in [3.05, 3.63) is 71.8 Å². The fourth-order valence-corrected chi connectivity index (χ4v) is 4.07. The van der Waals surface area contributed by atoms with Gasteiger partial charge in [0.15, 0.2) is 5.60 Å². The van der Waals surface area contributed by atoms with E-state index in [2.05, 4.69) is 63.8 Å². The molecular weight excluding hydrogens is 418 g/mol. The summed E-state index contributed by atoms with van der Waals surface area (Å²) in [6, 6.07) is 16.4. The molecular formula is C25H29N5O3. The number of nitrogens with one attached hydrogen (secondary N) is 2. The van der Waals surface area contributed by atoms with Crippen LogP contribution in [0.4, 0.5) is 0 Å². The highest BCUT2D eigenvalue weighted by Gasteiger charge is 2.45. The Morgan fingerprint density at radius 1 is 1.18 bits per heavy atom. The van der Waals surface area contributed by atoms with Crippen molar-refractivity contribution in [3.63, 3.8) is 0 Å². The molecule has 0 bridgehead atoms. The van der Waals surface area contributed by atoms with Crippen LogP contribution < -0.4 is 5.32 Å². The summed E-state index contributed by atoms with van der Waals surface area (Å²) in [4.78, 5) is 31.9. The van der Waals surface area contributed by atoms with Gasteiger partial charge in [0.05, 0.1) is 13.2 Å². The molecule has 33 heavy (non-hydrogen) atoms. The lowest BCUT2D eigenvalue weighted by molar-refractivity contribution is -0.157. The Morgan fingerprint density at radius 3 is 2.67 bits per heavy atom. The largest absolute Gasteiger partial charge is 0.361 e. The SMILES string of the molecule is Cc1ccc(-c2cccc(CC3(C(=O)NC(C)C)CN(C(=O)c4ncn[nH]4)CCO3)c2)cc1. The van der Waals surface area contributed by atoms with Gasteiger partial charge in [0, 0.05) is 19.0 Å². The van der Waals surface area contributed by atoms with Gasteiger partial charge in [-0.2, -0.15) is 5.10 Å². The molecule has 172 valence electrons. The predicted octanol–water partition coefficient (Wildman–Crippen LogP) is 2.76. The van der Waals surface area contributed by atoms with Crippen molar-refractivity contribution in [1.82, 2.24) is 25.4 Å². The molecule has 1 fully saturated rings. The average molecular weight is 448 g/mol. The van der Waals surface area contributed by atoms with Crippen LogP contribution in [0, 0.1) is 6.92 Å². The number of H-pyrrole nitrogens is 1. The Kier molecular flexibility index (Phi) is 6.55. The number of hydrogen-bond acceptors (Lipinski definition) is 5. The average Bonchev–Trinajstić information content (AvgIpc) is 3.34. The summed E-state index contributed by atoms with van der Waals surface area (Å²) in [7, 11) is 0. The third kappa shape index (κ3) is 5.12. The molecule has 1 aromatic heterocycles. The lowest BCUT2D eigenvalue weighted by atomic mass is 9.89. The van der Waals surface area contributed by atoms with E-state index in [1.54, 1.807) is 4.90 Å². The van der Waals surface area contributed by atoms with Crippen molar-refractivity contribution in [3.8, 4) is 11.1 Å². The van der Waals surface area contributed by atoms with Crippen molar-refractivity contribution < 1.29 is 14.3 Å². The van der Waals surface area contributed by atoms with Crippen LogP contribution in [-0.2, 0) is 16.0 Å². The van der Waals surface area contributed by atoms with Crippen LogP contribution in [0.15, 0.2) is 54.9 Å². The van der Waals surface area contributed by atoms with E-state index in [1.807, 2.05) is 26.0 Å². The number of aromatic nitrogens is 3. The molecule has 8 heteroatoms. The lowest BCUT2D eigenvalue weighted by Crippen LogP contribution is -2.62. The molecule has 0 saturated carbocycles. The van der Waals surface area contributed by atoms with Gasteiger partial charge in [-0.3, -0.25) is 14.7 Å². The summed E-state index contributed by atoms with van der Waals surface area (Å²) >= 11 is 0. The van der Waals surface area contributed by atoms with Gasteiger partial charge in [-0.1, -0.05) is 54.1 Å². The van der Waals surface area contributed by atoms with Crippen LogP contribution in [0.5, 0.6) is 0 Å². The summed E-state index contributed by atoms with van der Waals surface area (Å²) in [5.41, 5.74) is 3.13. The molecule has 2 amide bonds. The van der Waals surface area contributed by atoms with Gasteiger partial charge >= 0.3 is 0 Å². The molecule has 3 aromatic rings. The Hall–Kier alpha value is -3.52. The van der Waals surface area contributed by atoms with E-state index in [4.69, 9.17) is 4.74 Å². The number of rotatable bonds is 6. The number of nitrogens with zero attached hydrogens (tertiary/aromatic N) is 3. The second kappa shape index (κ2) is 9.54. The summed E-state index contributed by atoms with van der Waals surface area (Å²) in [6.07, 6.45) is 1.63. The van der Waals surface area contributed by atoms with Gasteiger partial charge in [0.1, 0.15) is 6.33 Å². The molecule has 1 aliphatic heterocycles. The molecule has 2 aromatic carbocycles. The molecule has 0 spiro atoms.